The van der Waals surface area contributed by atoms with Crippen molar-refractivity contribution in [2.24, 2.45) is 0 Å². The molecule has 1 aromatic heterocycles. The highest BCUT2D eigenvalue weighted by atomic mass is 35.5. The van der Waals surface area contributed by atoms with Crippen molar-refractivity contribution >= 4 is 17.4 Å². The summed E-state index contributed by atoms with van der Waals surface area (Å²) in [6.45, 7) is 1.75. The van der Waals surface area contributed by atoms with Gasteiger partial charge in [-0.2, -0.15) is 0 Å². The van der Waals surface area contributed by atoms with Crippen LogP contribution in [0.5, 0.6) is 11.5 Å². The number of phenolic OH excluding ortho intramolecular Hbond substituents is 1. The summed E-state index contributed by atoms with van der Waals surface area (Å²) in [7, 11) is 1.46. The van der Waals surface area contributed by atoms with Crippen LogP contribution in [0.15, 0.2) is 16.7 Å². The van der Waals surface area contributed by atoms with E-state index in [0.29, 0.717) is 27.7 Å². The predicted octanol–water partition coefficient (Wildman–Crippen LogP) is 2.60. The first-order chi connectivity index (χ1) is 8.04. The van der Waals surface area contributed by atoms with Crippen LogP contribution in [-0.2, 0) is 0 Å². The normalized spacial score (nSPS) is 10.5. The average molecular weight is 255 g/mol. The first-order valence-corrected chi connectivity index (χ1v) is 5.21. The molecule has 0 saturated carbocycles. The lowest BCUT2D eigenvalue weighted by molar-refractivity contribution is 0.369. The van der Waals surface area contributed by atoms with E-state index >= 15 is 0 Å². The highest BCUT2D eigenvalue weighted by Crippen LogP contribution is 2.43. The van der Waals surface area contributed by atoms with E-state index in [9.17, 15) is 5.11 Å². The van der Waals surface area contributed by atoms with Crippen LogP contribution in [0.1, 0.15) is 5.56 Å². The Morgan fingerprint density at radius 1 is 1.47 bits per heavy atom. The maximum Gasteiger partial charge on any atom is 0.172 e. The Morgan fingerprint density at radius 2 is 2.18 bits per heavy atom. The summed E-state index contributed by atoms with van der Waals surface area (Å²) in [6.07, 6.45) is 0. The Balaban J connectivity index is 2.67. The van der Waals surface area contributed by atoms with Crippen LogP contribution in [0.2, 0.25) is 5.02 Å². The largest absolute Gasteiger partial charge is 0.504 e. The summed E-state index contributed by atoms with van der Waals surface area (Å²) in [5, 5.41) is 14.1. The zero-order valence-corrected chi connectivity index (χ0v) is 10.1. The van der Waals surface area contributed by atoms with Crippen molar-refractivity contribution in [1.29, 1.82) is 0 Å². The van der Waals surface area contributed by atoms with Gasteiger partial charge in [0.1, 0.15) is 0 Å². The molecule has 90 valence electrons. The van der Waals surface area contributed by atoms with E-state index in [4.69, 9.17) is 26.6 Å². The van der Waals surface area contributed by atoms with Crippen molar-refractivity contribution in [2.75, 3.05) is 12.8 Å². The van der Waals surface area contributed by atoms with Crippen LogP contribution in [0.4, 0.5) is 5.82 Å². The number of nitrogen functional groups attached to an aromatic ring is 1. The fourth-order valence-electron chi connectivity index (χ4n) is 1.57. The van der Waals surface area contributed by atoms with Gasteiger partial charge in [0.15, 0.2) is 23.1 Å². The number of aromatic nitrogens is 1. The molecule has 6 heteroatoms. The molecular formula is C11H11ClN2O3. The zero-order valence-electron chi connectivity index (χ0n) is 9.32. The van der Waals surface area contributed by atoms with Crippen molar-refractivity contribution < 1.29 is 14.4 Å². The van der Waals surface area contributed by atoms with Crippen molar-refractivity contribution in [2.45, 2.75) is 6.92 Å². The van der Waals surface area contributed by atoms with Gasteiger partial charge in [-0.05, 0) is 13.0 Å². The van der Waals surface area contributed by atoms with Crippen molar-refractivity contribution in [1.82, 2.24) is 5.16 Å². The molecule has 1 heterocycles. The number of anilines is 1. The summed E-state index contributed by atoms with van der Waals surface area (Å²) < 4.78 is 10.1. The van der Waals surface area contributed by atoms with Crippen molar-refractivity contribution in [3.05, 3.63) is 22.7 Å². The lowest BCUT2D eigenvalue weighted by atomic mass is 10.1. The van der Waals surface area contributed by atoms with Gasteiger partial charge in [-0.15, -0.1) is 0 Å². The van der Waals surface area contributed by atoms with Crippen LogP contribution in [0.25, 0.3) is 11.3 Å². The number of nitrogens with two attached hydrogens (primary N) is 1. The number of ether oxygens (including phenoxy) is 1. The van der Waals surface area contributed by atoms with Crippen LogP contribution in [0.3, 0.4) is 0 Å². The summed E-state index contributed by atoms with van der Waals surface area (Å²) in [5.74, 6) is 0.822. The molecule has 0 unspecified atom stereocenters. The minimum atomic E-state index is -0.0504. The van der Waals surface area contributed by atoms with Gasteiger partial charge in [-0.25, -0.2) is 0 Å². The minimum absolute atomic E-state index is 0.0504. The summed E-state index contributed by atoms with van der Waals surface area (Å²) >= 11 is 6.04. The molecule has 3 N–H and O–H groups in total. The van der Waals surface area contributed by atoms with E-state index in [1.165, 1.54) is 13.2 Å². The maximum atomic E-state index is 10.0. The van der Waals surface area contributed by atoms with E-state index < -0.39 is 0 Å². The Labute approximate surface area is 103 Å². The van der Waals surface area contributed by atoms with E-state index in [2.05, 4.69) is 5.16 Å². The lowest BCUT2D eigenvalue weighted by Crippen LogP contribution is -1.91. The molecule has 0 radical (unpaired) electrons. The molecule has 1 aromatic carbocycles. The summed E-state index contributed by atoms with van der Waals surface area (Å²) in [4.78, 5) is 0. The Morgan fingerprint density at radius 3 is 2.71 bits per heavy atom. The monoisotopic (exact) mass is 254 g/mol. The van der Waals surface area contributed by atoms with E-state index in [0.717, 1.165) is 0 Å². The smallest absolute Gasteiger partial charge is 0.172 e. The lowest BCUT2D eigenvalue weighted by Gasteiger charge is -2.11. The molecule has 0 fully saturated rings. The van der Waals surface area contributed by atoms with Crippen LogP contribution >= 0.6 is 11.6 Å². The minimum Gasteiger partial charge on any atom is -0.504 e. The molecule has 0 amide bonds. The molecule has 0 aliphatic carbocycles. The first-order valence-electron chi connectivity index (χ1n) is 4.83. The molecule has 0 aliphatic rings. The van der Waals surface area contributed by atoms with Gasteiger partial charge in [0.25, 0.3) is 0 Å². The second kappa shape index (κ2) is 4.18. The number of benzene rings is 1. The molecule has 0 saturated heterocycles. The van der Waals surface area contributed by atoms with Crippen LogP contribution in [0, 0.1) is 6.92 Å². The number of phenols is 1. The molecule has 2 rings (SSSR count). The SMILES string of the molecule is COc1c(C)c(Cl)cc(-c2cc(N)no2)c1O. The molecule has 0 atom stereocenters. The third-order valence-electron chi connectivity index (χ3n) is 2.44. The van der Waals surface area contributed by atoms with Gasteiger partial charge in [0.2, 0.25) is 0 Å². The van der Waals surface area contributed by atoms with Gasteiger partial charge in [-0.1, -0.05) is 16.8 Å². The van der Waals surface area contributed by atoms with Crippen molar-refractivity contribution in [3.63, 3.8) is 0 Å². The number of hydrogen-bond donors (Lipinski definition) is 2. The average Bonchev–Trinajstić information content (AvgIpc) is 2.71. The van der Waals surface area contributed by atoms with E-state index in [-0.39, 0.29) is 11.6 Å². The number of halogens is 1. The molecule has 0 aliphatic heterocycles. The van der Waals surface area contributed by atoms with E-state index in [1.54, 1.807) is 13.0 Å². The highest BCUT2D eigenvalue weighted by molar-refractivity contribution is 6.32. The first kappa shape index (κ1) is 11.6. The van der Waals surface area contributed by atoms with Crippen molar-refractivity contribution in [3.8, 4) is 22.8 Å². The number of aromatic hydroxyl groups is 1. The third kappa shape index (κ3) is 1.89. The molecule has 2 aromatic rings. The fraction of sp³-hybridized carbons (Fsp3) is 0.182. The number of rotatable bonds is 2. The topological polar surface area (TPSA) is 81.5 Å². The van der Waals surface area contributed by atoms with E-state index in [1.807, 2.05) is 0 Å². The molecule has 5 nitrogen and oxygen atoms in total. The second-order valence-electron chi connectivity index (χ2n) is 3.53. The molecule has 0 spiro atoms. The van der Waals surface area contributed by atoms with Gasteiger partial charge in [-0.3, -0.25) is 0 Å². The third-order valence-corrected chi connectivity index (χ3v) is 2.83. The predicted molar refractivity (Wildman–Crippen MR) is 64.3 cm³/mol. The summed E-state index contributed by atoms with van der Waals surface area (Å²) in [5.41, 5.74) is 6.50. The standard InChI is InChI=1S/C11H11ClN2O3/c1-5-7(12)3-6(10(15)11(5)16-2)8-4-9(13)14-17-8/h3-4,15H,1-2H3,(H2,13,14). The highest BCUT2D eigenvalue weighted by Gasteiger charge is 2.18. The number of hydrogen-bond acceptors (Lipinski definition) is 5. The van der Waals surface area contributed by atoms with Crippen LogP contribution in [-0.4, -0.2) is 17.4 Å². The molecule has 17 heavy (non-hydrogen) atoms. The summed E-state index contributed by atoms with van der Waals surface area (Å²) in [6, 6.07) is 3.08. The fourth-order valence-corrected chi connectivity index (χ4v) is 1.76. The van der Waals surface area contributed by atoms with Gasteiger partial charge in [0.05, 0.1) is 12.7 Å². The molecular weight excluding hydrogens is 244 g/mol. The zero-order chi connectivity index (χ0) is 12.6. The Hall–Kier alpha value is -1.88. The Kier molecular flexibility index (Phi) is 2.85. The number of nitrogens with zero attached hydrogens (tertiary/aromatic N) is 1. The Bertz CT molecular complexity index is 566. The van der Waals surface area contributed by atoms with Gasteiger partial charge < -0.3 is 20.1 Å². The quantitative estimate of drug-likeness (QED) is 0.861. The second-order valence-corrected chi connectivity index (χ2v) is 3.94. The maximum absolute atomic E-state index is 10.0. The molecule has 0 bridgehead atoms. The van der Waals surface area contributed by atoms with Gasteiger partial charge in [0, 0.05) is 16.7 Å². The number of methoxy groups -OCH3 is 1. The van der Waals surface area contributed by atoms with Crippen LogP contribution < -0.4 is 10.5 Å². The van der Waals surface area contributed by atoms with Gasteiger partial charge >= 0.3 is 0 Å².